The zero-order chi connectivity index (χ0) is 6.69. The van der Waals surface area contributed by atoms with Crippen LogP contribution in [-0.4, -0.2) is 6.29 Å². The van der Waals surface area contributed by atoms with E-state index >= 15 is 0 Å². The second-order valence-corrected chi connectivity index (χ2v) is 1.99. The molecule has 0 aliphatic heterocycles. The maximum atomic E-state index is 10.1. The average Bonchev–Trinajstić information content (AvgIpc) is 2.37. The van der Waals surface area contributed by atoms with Gasteiger partial charge in [-0.1, -0.05) is 30.9 Å². The minimum atomic E-state index is 0.155. The third-order valence-electron chi connectivity index (χ3n) is 1.33. The Labute approximate surface area is 54.4 Å². The fourth-order valence-corrected chi connectivity index (χ4v) is 0.758. The molecule has 0 aromatic heterocycles. The Bertz CT molecular complexity index is 175. The Balaban J connectivity index is 2.63. The van der Waals surface area contributed by atoms with E-state index in [2.05, 4.69) is 6.58 Å². The molecule has 0 fully saturated rings. The van der Waals surface area contributed by atoms with Crippen molar-refractivity contribution in [2.24, 2.45) is 5.92 Å². The quantitative estimate of drug-likeness (QED) is 0.398. The van der Waals surface area contributed by atoms with Gasteiger partial charge >= 0.3 is 0 Å². The number of hydrogen-bond donors (Lipinski definition) is 0. The lowest BCUT2D eigenvalue weighted by molar-refractivity contribution is -0.105. The summed E-state index contributed by atoms with van der Waals surface area (Å²) >= 11 is 0. The molecule has 0 saturated heterocycles. The molecule has 0 bridgehead atoms. The van der Waals surface area contributed by atoms with E-state index in [0.717, 1.165) is 6.29 Å². The van der Waals surface area contributed by atoms with Crippen molar-refractivity contribution < 1.29 is 4.79 Å². The highest BCUT2D eigenvalue weighted by Crippen LogP contribution is 2.14. The van der Waals surface area contributed by atoms with Gasteiger partial charge in [0.1, 0.15) is 6.29 Å². The van der Waals surface area contributed by atoms with Crippen molar-refractivity contribution in [1.29, 1.82) is 0 Å². The number of carbonyl (C=O) groups excluding carboxylic acids is 1. The average molecular weight is 120 g/mol. The molecule has 1 rings (SSSR count). The largest absolute Gasteiger partial charge is 0.298 e. The molecule has 46 valence electrons. The van der Waals surface area contributed by atoms with Crippen molar-refractivity contribution >= 4 is 6.29 Å². The molecule has 0 unspecified atom stereocenters. The van der Waals surface area contributed by atoms with Crippen molar-refractivity contribution in [2.75, 3.05) is 0 Å². The van der Waals surface area contributed by atoms with Crippen LogP contribution < -0.4 is 0 Å². The molecule has 0 N–H and O–H groups in total. The normalized spacial score (nSPS) is 16.4. The topological polar surface area (TPSA) is 17.1 Å². The number of rotatable bonds is 2. The lowest BCUT2D eigenvalue weighted by atomic mass is 10.0. The van der Waals surface area contributed by atoms with Crippen molar-refractivity contribution in [2.45, 2.75) is 0 Å². The van der Waals surface area contributed by atoms with Crippen LogP contribution in [0.3, 0.4) is 0 Å². The molecule has 0 aromatic rings. The van der Waals surface area contributed by atoms with E-state index in [0.29, 0.717) is 5.57 Å². The first-order valence-corrected chi connectivity index (χ1v) is 2.83. The van der Waals surface area contributed by atoms with E-state index in [1.54, 1.807) is 0 Å². The Morgan fingerprint density at radius 2 is 2.00 bits per heavy atom. The lowest BCUT2D eigenvalue weighted by Crippen LogP contribution is -1.93. The first-order chi connectivity index (χ1) is 4.34. The van der Waals surface area contributed by atoms with E-state index in [1.807, 2.05) is 24.3 Å². The van der Waals surface area contributed by atoms with Gasteiger partial charge in [-0.25, -0.2) is 0 Å². The standard InChI is InChI=1S/C8H8O/c1-7(6-9)8-4-2-3-5-8/h2-6,8H,1H2. The van der Waals surface area contributed by atoms with Crippen LogP contribution in [0.1, 0.15) is 0 Å². The summed E-state index contributed by atoms with van der Waals surface area (Å²) in [6, 6.07) is 0. The Hall–Kier alpha value is -1.11. The molecule has 1 aliphatic rings. The Morgan fingerprint density at radius 3 is 2.44 bits per heavy atom. The SMILES string of the molecule is C=C(C=O)C1C=CC=C1. The molecular formula is C8H8O. The monoisotopic (exact) mass is 120 g/mol. The summed E-state index contributed by atoms with van der Waals surface area (Å²) in [5, 5.41) is 0. The summed E-state index contributed by atoms with van der Waals surface area (Å²) in [6.45, 7) is 3.58. The number of allylic oxidation sites excluding steroid dienone is 5. The molecule has 0 atom stereocenters. The highest BCUT2D eigenvalue weighted by molar-refractivity contribution is 5.74. The van der Waals surface area contributed by atoms with Crippen LogP contribution in [-0.2, 0) is 4.79 Å². The Morgan fingerprint density at radius 1 is 1.44 bits per heavy atom. The summed E-state index contributed by atoms with van der Waals surface area (Å²) in [7, 11) is 0. The molecule has 0 aromatic carbocycles. The van der Waals surface area contributed by atoms with Gasteiger partial charge in [0.25, 0.3) is 0 Å². The van der Waals surface area contributed by atoms with Gasteiger partial charge in [-0.05, 0) is 5.57 Å². The minimum absolute atomic E-state index is 0.155. The maximum Gasteiger partial charge on any atom is 0.146 e. The summed E-state index contributed by atoms with van der Waals surface area (Å²) in [4.78, 5) is 10.1. The second kappa shape index (κ2) is 2.44. The van der Waals surface area contributed by atoms with Crippen molar-refractivity contribution in [3.05, 3.63) is 36.5 Å². The van der Waals surface area contributed by atoms with Crippen LogP contribution in [0.25, 0.3) is 0 Å². The molecule has 0 saturated carbocycles. The molecule has 9 heavy (non-hydrogen) atoms. The maximum absolute atomic E-state index is 10.1. The van der Waals surface area contributed by atoms with E-state index in [-0.39, 0.29) is 5.92 Å². The lowest BCUT2D eigenvalue weighted by Gasteiger charge is -1.98. The van der Waals surface area contributed by atoms with Crippen molar-refractivity contribution in [1.82, 2.24) is 0 Å². The number of carbonyl (C=O) groups is 1. The molecule has 0 heterocycles. The van der Waals surface area contributed by atoms with Crippen LogP contribution in [0.15, 0.2) is 36.5 Å². The van der Waals surface area contributed by atoms with Gasteiger partial charge in [0.2, 0.25) is 0 Å². The molecule has 1 aliphatic carbocycles. The van der Waals surface area contributed by atoms with Crippen LogP contribution in [0, 0.1) is 5.92 Å². The van der Waals surface area contributed by atoms with Gasteiger partial charge in [0.05, 0.1) is 0 Å². The molecule has 1 heteroatoms. The first-order valence-electron chi connectivity index (χ1n) is 2.83. The smallest absolute Gasteiger partial charge is 0.146 e. The first kappa shape index (κ1) is 6.02. The summed E-state index contributed by atoms with van der Waals surface area (Å²) in [5.41, 5.74) is 0.625. The van der Waals surface area contributed by atoms with Gasteiger partial charge in [0.15, 0.2) is 0 Å². The molecule has 1 nitrogen and oxygen atoms in total. The van der Waals surface area contributed by atoms with E-state index in [9.17, 15) is 4.79 Å². The van der Waals surface area contributed by atoms with E-state index in [4.69, 9.17) is 0 Å². The molecular weight excluding hydrogens is 112 g/mol. The molecule has 0 spiro atoms. The highest BCUT2D eigenvalue weighted by atomic mass is 16.1. The van der Waals surface area contributed by atoms with Crippen molar-refractivity contribution in [3.8, 4) is 0 Å². The van der Waals surface area contributed by atoms with Crippen LogP contribution >= 0.6 is 0 Å². The highest BCUT2D eigenvalue weighted by Gasteiger charge is 2.05. The van der Waals surface area contributed by atoms with Crippen LogP contribution in [0.2, 0.25) is 0 Å². The third-order valence-corrected chi connectivity index (χ3v) is 1.33. The zero-order valence-corrected chi connectivity index (χ0v) is 5.08. The number of aldehydes is 1. The van der Waals surface area contributed by atoms with E-state index < -0.39 is 0 Å². The zero-order valence-electron chi connectivity index (χ0n) is 5.08. The second-order valence-electron chi connectivity index (χ2n) is 1.99. The molecule has 0 amide bonds. The van der Waals surface area contributed by atoms with Gasteiger partial charge in [-0.3, -0.25) is 4.79 Å². The van der Waals surface area contributed by atoms with E-state index in [1.165, 1.54) is 0 Å². The predicted octanol–water partition coefficient (Wildman–Crippen LogP) is 1.48. The van der Waals surface area contributed by atoms with Gasteiger partial charge < -0.3 is 0 Å². The fourth-order valence-electron chi connectivity index (χ4n) is 0.758. The van der Waals surface area contributed by atoms with Crippen molar-refractivity contribution in [3.63, 3.8) is 0 Å². The summed E-state index contributed by atoms with van der Waals surface area (Å²) in [6.07, 6.45) is 8.51. The molecule has 0 radical (unpaired) electrons. The minimum Gasteiger partial charge on any atom is -0.298 e. The van der Waals surface area contributed by atoms with Crippen LogP contribution in [0.5, 0.6) is 0 Å². The van der Waals surface area contributed by atoms with Gasteiger partial charge in [0, 0.05) is 5.92 Å². The summed E-state index contributed by atoms with van der Waals surface area (Å²) < 4.78 is 0. The fraction of sp³-hybridized carbons (Fsp3) is 0.125. The van der Waals surface area contributed by atoms with Gasteiger partial charge in [-0.15, -0.1) is 0 Å². The van der Waals surface area contributed by atoms with Crippen LogP contribution in [0.4, 0.5) is 0 Å². The Kier molecular flexibility index (Phi) is 1.63. The number of hydrogen-bond acceptors (Lipinski definition) is 1. The van der Waals surface area contributed by atoms with Gasteiger partial charge in [-0.2, -0.15) is 0 Å². The third kappa shape index (κ3) is 1.17. The predicted molar refractivity (Wildman–Crippen MR) is 37.0 cm³/mol. The summed E-state index contributed by atoms with van der Waals surface area (Å²) in [5.74, 6) is 0.155.